The van der Waals surface area contributed by atoms with Gasteiger partial charge in [-0.05, 0) is 36.8 Å². The standard InChI is InChI=1S/C15H11Cl2NO/c1-10-5-6-11(8-18)7-15(10)19-9-12-13(16)3-2-4-14(12)17/h2-7H,9H2,1H3. The summed E-state index contributed by atoms with van der Waals surface area (Å²) in [6.07, 6.45) is 0. The largest absolute Gasteiger partial charge is 0.488 e. The maximum absolute atomic E-state index is 8.88. The topological polar surface area (TPSA) is 33.0 Å². The van der Waals surface area contributed by atoms with Gasteiger partial charge in [-0.1, -0.05) is 35.3 Å². The Morgan fingerprint density at radius 2 is 1.84 bits per heavy atom. The molecule has 0 aromatic heterocycles. The van der Waals surface area contributed by atoms with E-state index in [1.807, 2.05) is 13.0 Å². The Bertz CT molecular complexity index is 627. The summed E-state index contributed by atoms with van der Waals surface area (Å²) in [6, 6.07) is 12.7. The summed E-state index contributed by atoms with van der Waals surface area (Å²) in [4.78, 5) is 0. The summed E-state index contributed by atoms with van der Waals surface area (Å²) in [7, 11) is 0. The lowest BCUT2D eigenvalue weighted by molar-refractivity contribution is 0.304. The van der Waals surface area contributed by atoms with Crippen LogP contribution in [0.2, 0.25) is 10.0 Å². The van der Waals surface area contributed by atoms with Crippen molar-refractivity contribution in [1.29, 1.82) is 5.26 Å². The van der Waals surface area contributed by atoms with Crippen LogP contribution in [0.1, 0.15) is 16.7 Å². The van der Waals surface area contributed by atoms with Gasteiger partial charge in [0.25, 0.3) is 0 Å². The monoisotopic (exact) mass is 291 g/mol. The molecule has 0 radical (unpaired) electrons. The van der Waals surface area contributed by atoms with Crippen molar-refractivity contribution in [3.63, 3.8) is 0 Å². The summed E-state index contributed by atoms with van der Waals surface area (Å²) in [5.74, 6) is 0.662. The van der Waals surface area contributed by atoms with Crippen LogP contribution in [0.15, 0.2) is 36.4 Å². The Morgan fingerprint density at radius 1 is 1.16 bits per heavy atom. The first kappa shape index (κ1) is 13.7. The van der Waals surface area contributed by atoms with Crippen molar-refractivity contribution in [1.82, 2.24) is 0 Å². The van der Waals surface area contributed by atoms with E-state index in [0.29, 0.717) is 21.4 Å². The molecule has 0 saturated heterocycles. The molecular formula is C15H11Cl2NO. The fraction of sp³-hybridized carbons (Fsp3) is 0.133. The van der Waals surface area contributed by atoms with Crippen LogP contribution >= 0.6 is 23.2 Å². The minimum Gasteiger partial charge on any atom is -0.488 e. The average molecular weight is 292 g/mol. The molecule has 96 valence electrons. The van der Waals surface area contributed by atoms with Gasteiger partial charge in [0.2, 0.25) is 0 Å². The molecule has 0 spiro atoms. The highest BCUT2D eigenvalue weighted by Crippen LogP contribution is 2.27. The molecule has 0 heterocycles. The maximum Gasteiger partial charge on any atom is 0.124 e. The van der Waals surface area contributed by atoms with E-state index in [2.05, 4.69) is 6.07 Å². The van der Waals surface area contributed by atoms with Crippen molar-refractivity contribution in [2.24, 2.45) is 0 Å². The van der Waals surface area contributed by atoms with Crippen LogP contribution in [-0.2, 0) is 6.61 Å². The number of aryl methyl sites for hydroxylation is 1. The predicted molar refractivity (Wildman–Crippen MR) is 76.7 cm³/mol. The van der Waals surface area contributed by atoms with Crippen molar-refractivity contribution < 1.29 is 4.74 Å². The lowest BCUT2D eigenvalue weighted by atomic mass is 10.1. The van der Waals surface area contributed by atoms with E-state index >= 15 is 0 Å². The fourth-order valence-electron chi connectivity index (χ4n) is 1.65. The van der Waals surface area contributed by atoms with E-state index in [9.17, 15) is 0 Å². The van der Waals surface area contributed by atoms with Gasteiger partial charge < -0.3 is 4.74 Å². The van der Waals surface area contributed by atoms with Gasteiger partial charge >= 0.3 is 0 Å². The number of halogens is 2. The molecule has 0 amide bonds. The van der Waals surface area contributed by atoms with E-state index in [1.54, 1.807) is 30.3 Å². The summed E-state index contributed by atoms with van der Waals surface area (Å²) in [5, 5.41) is 10.0. The van der Waals surface area contributed by atoms with Gasteiger partial charge in [-0.15, -0.1) is 0 Å². The van der Waals surface area contributed by atoms with E-state index in [4.69, 9.17) is 33.2 Å². The van der Waals surface area contributed by atoms with Gasteiger partial charge in [-0.25, -0.2) is 0 Å². The molecule has 2 rings (SSSR count). The van der Waals surface area contributed by atoms with Crippen LogP contribution in [-0.4, -0.2) is 0 Å². The first-order chi connectivity index (χ1) is 9.11. The Morgan fingerprint density at radius 3 is 2.47 bits per heavy atom. The molecule has 4 heteroatoms. The van der Waals surface area contributed by atoms with Crippen LogP contribution in [0.3, 0.4) is 0 Å². The van der Waals surface area contributed by atoms with E-state index in [-0.39, 0.29) is 6.61 Å². The van der Waals surface area contributed by atoms with Crippen LogP contribution < -0.4 is 4.74 Å². The smallest absolute Gasteiger partial charge is 0.124 e. The minimum absolute atomic E-state index is 0.272. The highest BCUT2D eigenvalue weighted by atomic mass is 35.5. The summed E-state index contributed by atoms with van der Waals surface area (Å²) >= 11 is 12.2. The van der Waals surface area contributed by atoms with Crippen LogP contribution in [0.5, 0.6) is 5.75 Å². The van der Waals surface area contributed by atoms with Crippen molar-refractivity contribution in [2.45, 2.75) is 13.5 Å². The number of nitriles is 1. The zero-order valence-electron chi connectivity index (χ0n) is 10.3. The highest BCUT2D eigenvalue weighted by molar-refractivity contribution is 6.35. The zero-order chi connectivity index (χ0) is 13.8. The Hall–Kier alpha value is -1.69. The van der Waals surface area contributed by atoms with Crippen molar-refractivity contribution >= 4 is 23.2 Å². The number of rotatable bonds is 3. The number of ether oxygens (including phenoxy) is 1. The third-order valence-corrected chi connectivity index (χ3v) is 3.46. The molecule has 0 aliphatic carbocycles. The maximum atomic E-state index is 8.88. The van der Waals surface area contributed by atoms with Gasteiger partial charge in [0.1, 0.15) is 12.4 Å². The molecule has 2 aromatic carbocycles. The second-order valence-corrected chi connectivity index (χ2v) is 4.90. The van der Waals surface area contributed by atoms with Crippen LogP contribution in [0.4, 0.5) is 0 Å². The Labute approximate surface area is 122 Å². The van der Waals surface area contributed by atoms with Gasteiger partial charge in [0.15, 0.2) is 0 Å². The van der Waals surface area contributed by atoms with Crippen LogP contribution in [0, 0.1) is 18.3 Å². The minimum atomic E-state index is 0.272. The predicted octanol–water partition coefficient (Wildman–Crippen LogP) is 4.75. The molecule has 0 bridgehead atoms. The van der Waals surface area contributed by atoms with Gasteiger partial charge in [-0.3, -0.25) is 0 Å². The third kappa shape index (κ3) is 3.20. The molecule has 19 heavy (non-hydrogen) atoms. The van der Waals surface area contributed by atoms with E-state index in [0.717, 1.165) is 11.1 Å². The Kier molecular flexibility index (Phi) is 4.31. The molecule has 0 saturated carbocycles. The lowest BCUT2D eigenvalue weighted by Crippen LogP contribution is -1.99. The molecule has 0 N–H and O–H groups in total. The van der Waals surface area contributed by atoms with Crippen molar-refractivity contribution in [3.05, 3.63) is 63.1 Å². The second-order valence-electron chi connectivity index (χ2n) is 4.08. The van der Waals surface area contributed by atoms with Gasteiger partial charge in [-0.2, -0.15) is 5.26 Å². The number of hydrogen-bond acceptors (Lipinski definition) is 2. The molecule has 2 aromatic rings. The quantitative estimate of drug-likeness (QED) is 0.817. The molecule has 0 fully saturated rings. The molecule has 0 aliphatic heterocycles. The number of benzene rings is 2. The summed E-state index contributed by atoms with van der Waals surface area (Å²) in [6.45, 7) is 2.19. The zero-order valence-corrected chi connectivity index (χ0v) is 11.8. The first-order valence-corrected chi connectivity index (χ1v) is 6.44. The molecular weight excluding hydrogens is 281 g/mol. The summed E-state index contributed by atoms with van der Waals surface area (Å²) in [5.41, 5.74) is 2.26. The van der Waals surface area contributed by atoms with Gasteiger partial charge in [0, 0.05) is 15.6 Å². The van der Waals surface area contributed by atoms with Crippen LogP contribution in [0.25, 0.3) is 0 Å². The second kappa shape index (κ2) is 5.97. The lowest BCUT2D eigenvalue weighted by Gasteiger charge is -2.11. The van der Waals surface area contributed by atoms with Crippen molar-refractivity contribution in [3.8, 4) is 11.8 Å². The molecule has 0 unspecified atom stereocenters. The number of hydrogen-bond donors (Lipinski definition) is 0. The first-order valence-electron chi connectivity index (χ1n) is 5.68. The number of nitrogens with zero attached hydrogens (tertiary/aromatic N) is 1. The SMILES string of the molecule is Cc1ccc(C#N)cc1OCc1c(Cl)cccc1Cl. The normalized spacial score (nSPS) is 10.0. The third-order valence-electron chi connectivity index (χ3n) is 2.75. The summed E-state index contributed by atoms with van der Waals surface area (Å²) < 4.78 is 5.71. The fourth-order valence-corrected chi connectivity index (χ4v) is 2.15. The molecule has 0 aliphatic rings. The molecule has 2 nitrogen and oxygen atoms in total. The van der Waals surface area contributed by atoms with E-state index in [1.165, 1.54) is 0 Å². The Balaban J connectivity index is 2.22. The van der Waals surface area contributed by atoms with E-state index < -0.39 is 0 Å². The molecule has 0 atom stereocenters. The average Bonchev–Trinajstić information content (AvgIpc) is 2.40. The van der Waals surface area contributed by atoms with Crippen molar-refractivity contribution in [2.75, 3.05) is 0 Å². The van der Waals surface area contributed by atoms with Gasteiger partial charge in [0.05, 0.1) is 11.6 Å². The highest BCUT2D eigenvalue weighted by Gasteiger charge is 2.08.